The molecule has 0 aliphatic heterocycles. The molecule has 0 aliphatic carbocycles. The number of hydrogen-bond donors (Lipinski definition) is 0. The molecule has 162 valence electrons. The first-order chi connectivity index (χ1) is 16.8. The van der Waals surface area contributed by atoms with Crippen LogP contribution in [-0.2, 0) is 0 Å². The highest BCUT2D eigenvalue weighted by Gasteiger charge is 2.09. The number of benzene rings is 5. The van der Waals surface area contributed by atoms with Crippen LogP contribution < -0.4 is 0 Å². The van der Waals surface area contributed by atoms with Crippen LogP contribution in [0.3, 0.4) is 0 Å². The standard InChI is InChI=1S/C32H24N2/c1-2-29(33-31-16-8-11-22-9-3-5-14-27(22)31)25-12-7-13-26(21-25)30-20-19-24-18-17-23-10-4-6-15-28(23)32(24)34-30/h3-21H,2H2,1H3/b33-29+. The van der Waals surface area contributed by atoms with Crippen LogP contribution in [0.1, 0.15) is 18.9 Å². The second kappa shape index (κ2) is 8.57. The SMILES string of the molecule is CC/C(=N\c1cccc2ccccc12)c1cccc(-c2ccc3ccc4ccccc4c3n2)c1. The lowest BCUT2D eigenvalue weighted by molar-refractivity contribution is 1.26. The van der Waals surface area contributed by atoms with E-state index in [0.29, 0.717) is 0 Å². The minimum Gasteiger partial charge on any atom is -0.252 e. The van der Waals surface area contributed by atoms with Gasteiger partial charge in [0.05, 0.1) is 16.9 Å². The zero-order chi connectivity index (χ0) is 22.9. The molecule has 1 aromatic heterocycles. The number of fused-ring (bicyclic) bond motifs is 4. The van der Waals surface area contributed by atoms with E-state index in [1.165, 1.54) is 21.5 Å². The molecule has 6 rings (SSSR count). The van der Waals surface area contributed by atoms with Gasteiger partial charge in [-0.05, 0) is 41.0 Å². The normalized spacial score (nSPS) is 12.0. The Morgan fingerprint density at radius 1 is 0.647 bits per heavy atom. The summed E-state index contributed by atoms with van der Waals surface area (Å²) in [5.74, 6) is 0. The predicted octanol–water partition coefficient (Wildman–Crippen LogP) is 8.74. The Labute approximate surface area is 199 Å². The van der Waals surface area contributed by atoms with Crippen molar-refractivity contribution in [1.82, 2.24) is 4.98 Å². The number of aliphatic imine (C=N–C) groups is 1. The third kappa shape index (κ3) is 3.64. The summed E-state index contributed by atoms with van der Waals surface area (Å²) >= 11 is 0. The summed E-state index contributed by atoms with van der Waals surface area (Å²) in [6.07, 6.45) is 0.850. The molecule has 0 aliphatic rings. The van der Waals surface area contributed by atoms with Gasteiger partial charge < -0.3 is 0 Å². The van der Waals surface area contributed by atoms with Gasteiger partial charge in [0.2, 0.25) is 0 Å². The van der Waals surface area contributed by atoms with Crippen molar-refractivity contribution < 1.29 is 0 Å². The smallest absolute Gasteiger partial charge is 0.0787 e. The zero-order valence-corrected chi connectivity index (χ0v) is 19.1. The molecular formula is C32H24N2. The van der Waals surface area contributed by atoms with Gasteiger partial charge in [0.25, 0.3) is 0 Å². The maximum Gasteiger partial charge on any atom is 0.0787 e. The molecule has 6 aromatic rings. The largest absolute Gasteiger partial charge is 0.252 e. The predicted molar refractivity (Wildman–Crippen MR) is 145 cm³/mol. The van der Waals surface area contributed by atoms with Crippen LogP contribution in [0.4, 0.5) is 5.69 Å². The first-order valence-corrected chi connectivity index (χ1v) is 11.7. The summed E-state index contributed by atoms with van der Waals surface area (Å²) in [6, 6.07) is 40.4. The van der Waals surface area contributed by atoms with E-state index in [1.807, 2.05) is 0 Å². The first kappa shape index (κ1) is 20.3. The molecule has 2 nitrogen and oxygen atoms in total. The Balaban J connectivity index is 1.45. The van der Waals surface area contributed by atoms with Crippen LogP contribution in [0.25, 0.3) is 43.7 Å². The van der Waals surface area contributed by atoms with E-state index in [2.05, 4.69) is 122 Å². The topological polar surface area (TPSA) is 25.2 Å². The summed E-state index contributed by atoms with van der Waals surface area (Å²) in [4.78, 5) is 10.2. The van der Waals surface area contributed by atoms with Crippen molar-refractivity contribution in [3.05, 3.63) is 121 Å². The minimum absolute atomic E-state index is 0.850. The Bertz CT molecular complexity index is 1690. The summed E-state index contributed by atoms with van der Waals surface area (Å²) in [6.45, 7) is 2.16. The highest BCUT2D eigenvalue weighted by Crippen LogP contribution is 2.29. The van der Waals surface area contributed by atoms with Crippen LogP contribution in [-0.4, -0.2) is 10.7 Å². The van der Waals surface area contributed by atoms with Gasteiger partial charge in [-0.15, -0.1) is 0 Å². The van der Waals surface area contributed by atoms with E-state index in [0.717, 1.165) is 45.5 Å². The molecule has 1 heterocycles. The molecule has 0 N–H and O–H groups in total. The molecule has 2 heteroatoms. The highest BCUT2D eigenvalue weighted by molar-refractivity contribution is 6.07. The highest BCUT2D eigenvalue weighted by atomic mass is 14.8. The molecule has 0 amide bonds. The van der Waals surface area contributed by atoms with E-state index in [-0.39, 0.29) is 0 Å². The lowest BCUT2D eigenvalue weighted by atomic mass is 10.0. The zero-order valence-electron chi connectivity index (χ0n) is 19.1. The molecular weight excluding hydrogens is 412 g/mol. The van der Waals surface area contributed by atoms with E-state index in [9.17, 15) is 0 Å². The van der Waals surface area contributed by atoms with Crippen molar-refractivity contribution in [2.75, 3.05) is 0 Å². The summed E-state index contributed by atoms with van der Waals surface area (Å²) in [7, 11) is 0. The monoisotopic (exact) mass is 436 g/mol. The Morgan fingerprint density at radius 2 is 1.32 bits per heavy atom. The summed E-state index contributed by atoms with van der Waals surface area (Å²) in [5, 5.41) is 5.94. The molecule has 0 saturated carbocycles. The molecule has 0 saturated heterocycles. The second-order valence-corrected chi connectivity index (χ2v) is 8.55. The van der Waals surface area contributed by atoms with Gasteiger partial charge in [-0.1, -0.05) is 104 Å². The van der Waals surface area contributed by atoms with Gasteiger partial charge in [0, 0.05) is 27.4 Å². The van der Waals surface area contributed by atoms with Crippen LogP contribution in [0.2, 0.25) is 0 Å². The fourth-order valence-corrected chi connectivity index (χ4v) is 4.68. The second-order valence-electron chi connectivity index (χ2n) is 8.55. The molecule has 0 unspecified atom stereocenters. The van der Waals surface area contributed by atoms with Crippen molar-refractivity contribution in [3.63, 3.8) is 0 Å². The van der Waals surface area contributed by atoms with Crippen LogP contribution in [0, 0.1) is 0 Å². The van der Waals surface area contributed by atoms with E-state index in [1.54, 1.807) is 0 Å². The number of nitrogens with zero attached hydrogens (tertiary/aromatic N) is 2. The Morgan fingerprint density at radius 3 is 2.18 bits per heavy atom. The molecule has 0 radical (unpaired) electrons. The molecule has 5 aromatic carbocycles. The van der Waals surface area contributed by atoms with Crippen molar-refractivity contribution in [2.24, 2.45) is 4.99 Å². The van der Waals surface area contributed by atoms with E-state index >= 15 is 0 Å². The number of aromatic nitrogens is 1. The van der Waals surface area contributed by atoms with Gasteiger partial charge in [-0.3, -0.25) is 4.99 Å². The molecule has 0 bridgehead atoms. The fourth-order valence-electron chi connectivity index (χ4n) is 4.68. The van der Waals surface area contributed by atoms with Gasteiger partial charge in [0.15, 0.2) is 0 Å². The lowest BCUT2D eigenvalue weighted by Gasteiger charge is -2.10. The minimum atomic E-state index is 0.850. The molecule has 0 fully saturated rings. The van der Waals surface area contributed by atoms with E-state index in [4.69, 9.17) is 9.98 Å². The third-order valence-electron chi connectivity index (χ3n) is 6.43. The van der Waals surface area contributed by atoms with Gasteiger partial charge in [-0.25, -0.2) is 4.98 Å². The summed E-state index contributed by atoms with van der Waals surface area (Å²) in [5.41, 5.74) is 6.34. The van der Waals surface area contributed by atoms with Crippen LogP contribution in [0.5, 0.6) is 0 Å². The summed E-state index contributed by atoms with van der Waals surface area (Å²) < 4.78 is 0. The maximum atomic E-state index is 5.10. The average molecular weight is 437 g/mol. The first-order valence-electron chi connectivity index (χ1n) is 11.7. The van der Waals surface area contributed by atoms with Crippen molar-refractivity contribution in [1.29, 1.82) is 0 Å². The number of pyridine rings is 1. The number of hydrogen-bond acceptors (Lipinski definition) is 2. The van der Waals surface area contributed by atoms with Crippen LogP contribution in [0.15, 0.2) is 120 Å². The van der Waals surface area contributed by atoms with Gasteiger partial charge in [0.1, 0.15) is 0 Å². The Kier molecular flexibility index (Phi) is 5.12. The maximum absolute atomic E-state index is 5.10. The molecule has 0 spiro atoms. The average Bonchev–Trinajstić information content (AvgIpc) is 2.91. The quantitative estimate of drug-likeness (QED) is 0.200. The molecule has 0 atom stereocenters. The van der Waals surface area contributed by atoms with Gasteiger partial charge >= 0.3 is 0 Å². The van der Waals surface area contributed by atoms with Crippen molar-refractivity contribution >= 4 is 43.8 Å². The van der Waals surface area contributed by atoms with Crippen LogP contribution >= 0.6 is 0 Å². The van der Waals surface area contributed by atoms with Crippen molar-refractivity contribution in [3.8, 4) is 11.3 Å². The molecule has 34 heavy (non-hydrogen) atoms. The fraction of sp³-hybridized carbons (Fsp3) is 0.0625. The Hall–Kier alpha value is -4.30. The van der Waals surface area contributed by atoms with E-state index < -0.39 is 0 Å². The number of rotatable bonds is 4. The van der Waals surface area contributed by atoms with Gasteiger partial charge in [-0.2, -0.15) is 0 Å². The van der Waals surface area contributed by atoms with Crippen molar-refractivity contribution in [2.45, 2.75) is 13.3 Å². The third-order valence-corrected chi connectivity index (χ3v) is 6.43. The lowest BCUT2D eigenvalue weighted by Crippen LogP contribution is -1.99.